The maximum absolute atomic E-state index is 10.4. The van der Waals surface area contributed by atoms with Gasteiger partial charge in [-0.2, -0.15) is 5.26 Å². The summed E-state index contributed by atoms with van der Waals surface area (Å²) in [5.41, 5.74) is 1.93. The molecule has 0 amide bonds. The molecule has 5 heteroatoms. The molecule has 22 heavy (non-hydrogen) atoms. The lowest BCUT2D eigenvalue weighted by Crippen LogP contribution is -3.13. The number of aromatic amines is 1. The number of nitrogens with one attached hydrogen (secondary N) is 2. The molecule has 1 fully saturated rings. The normalized spacial score (nSPS) is 23.1. The van der Waals surface area contributed by atoms with Crippen LogP contribution in [0.5, 0.6) is 0 Å². The molecule has 1 aromatic carbocycles. The van der Waals surface area contributed by atoms with Crippen molar-refractivity contribution in [3.05, 3.63) is 35.8 Å². The Hall–Kier alpha value is -2.32. The number of quaternary nitrogens is 1. The lowest BCUT2D eigenvalue weighted by molar-refractivity contribution is -0.905. The van der Waals surface area contributed by atoms with Crippen LogP contribution in [0, 0.1) is 17.2 Å². The highest BCUT2D eigenvalue weighted by Crippen LogP contribution is 2.18. The van der Waals surface area contributed by atoms with Crippen molar-refractivity contribution in [2.45, 2.75) is 19.8 Å². The summed E-state index contributed by atoms with van der Waals surface area (Å²) in [6.45, 7) is 4.82. The van der Waals surface area contributed by atoms with Gasteiger partial charge in [0.1, 0.15) is 18.2 Å². The highest BCUT2D eigenvalue weighted by molar-refractivity contribution is 5.82. The molecular formula is C17H21N4O+. The number of aliphatic hydroxyl groups excluding tert-OH is 1. The molecule has 1 aliphatic rings. The first kappa shape index (κ1) is 14.6. The molecule has 0 aliphatic carbocycles. The van der Waals surface area contributed by atoms with Crippen LogP contribution in [0.25, 0.3) is 16.6 Å². The third-order valence-electron chi connectivity index (χ3n) is 4.31. The molecule has 2 aromatic rings. The fourth-order valence-corrected chi connectivity index (χ4v) is 3.21. The Kier molecular flexibility index (Phi) is 4.12. The average Bonchev–Trinajstić information content (AvgIpc) is 2.91. The van der Waals surface area contributed by atoms with E-state index in [1.165, 1.54) is 17.7 Å². The molecule has 2 heterocycles. The number of piperidine rings is 1. The summed E-state index contributed by atoms with van der Waals surface area (Å²) in [6.07, 6.45) is 2.43. The Morgan fingerprint density at radius 3 is 3.05 bits per heavy atom. The van der Waals surface area contributed by atoms with Gasteiger partial charge in [0.25, 0.3) is 0 Å². The number of hydrogen-bond donors (Lipinski definition) is 3. The van der Waals surface area contributed by atoms with Crippen LogP contribution in [0.3, 0.4) is 0 Å². The Bertz CT molecular complexity index is 707. The van der Waals surface area contributed by atoms with Gasteiger partial charge in [-0.05, 0) is 25.0 Å². The average molecular weight is 297 g/mol. The number of H-pyrrole nitrogens is 1. The molecule has 0 saturated carbocycles. The van der Waals surface area contributed by atoms with Gasteiger partial charge in [-0.1, -0.05) is 19.1 Å². The number of likely N-dealkylation sites (tertiary alicyclic amines) is 1. The van der Waals surface area contributed by atoms with Gasteiger partial charge in [0.05, 0.1) is 24.1 Å². The van der Waals surface area contributed by atoms with Crippen LogP contribution in [0.1, 0.15) is 25.6 Å². The standard InChI is InChI=1S/C17H20N4O/c1-12-5-4-8-21(10-12)11-16(22)13(9-18)17-19-14-6-2-3-7-15(14)20-17/h2-3,6-7,12,22H,4-5,8,10-11H2,1H3,(H,19,20)/p+1/b16-13-. The van der Waals surface area contributed by atoms with Crippen LogP contribution >= 0.6 is 0 Å². The van der Waals surface area contributed by atoms with Crippen molar-refractivity contribution in [2.24, 2.45) is 5.92 Å². The molecule has 0 spiro atoms. The summed E-state index contributed by atoms with van der Waals surface area (Å²) < 4.78 is 0. The Labute approximate surface area is 129 Å². The first-order chi connectivity index (χ1) is 10.7. The van der Waals surface area contributed by atoms with Crippen molar-refractivity contribution < 1.29 is 10.0 Å². The topological polar surface area (TPSA) is 77.1 Å². The quantitative estimate of drug-likeness (QED) is 0.596. The first-order valence-corrected chi connectivity index (χ1v) is 7.78. The maximum Gasteiger partial charge on any atom is 0.169 e. The van der Waals surface area contributed by atoms with Crippen molar-refractivity contribution in [1.82, 2.24) is 9.97 Å². The van der Waals surface area contributed by atoms with E-state index in [2.05, 4.69) is 23.0 Å². The highest BCUT2D eigenvalue weighted by Gasteiger charge is 2.23. The van der Waals surface area contributed by atoms with Crippen LogP contribution in [0.2, 0.25) is 0 Å². The molecule has 2 atom stereocenters. The summed E-state index contributed by atoms with van der Waals surface area (Å²) in [5, 5.41) is 19.8. The zero-order chi connectivity index (χ0) is 15.5. The summed E-state index contributed by atoms with van der Waals surface area (Å²) in [4.78, 5) is 8.85. The summed E-state index contributed by atoms with van der Waals surface area (Å²) in [6, 6.07) is 9.72. The zero-order valence-electron chi connectivity index (χ0n) is 12.8. The van der Waals surface area contributed by atoms with E-state index in [-0.39, 0.29) is 11.3 Å². The number of aromatic nitrogens is 2. The van der Waals surface area contributed by atoms with E-state index >= 15 is 0 Å². The van der Waals surface area contributed by atoms with Crippen molar-refractivity contribution in [1.29, 1.82) is 5.26 Å². The van der Waals surface area contributed by atoms with Gasteiger partial charge in [0.2, 0.25) is 0 Å². The fourth-order valence-electron chi connectivity index (χ4n) is 3.21. The maximum atomic E-state index is 10.4. The summed E-state index contributed by atoms with van der Waals surface area (Å²) in [5.74, 6) is 1.25. The summed E-state index contributed by atoms with van der Waals surface area (Å²) >= 11 is 0. The molecule has 1 saturated heterocycles. The van der Waals surface area contributed by atoms with Crippen LogP contribution < -0.4 is 4.90 Å². The molecule has 114 valence electrons. The van der Waals surface area contributed by atoms with E-state index in [0.29, 0.717) is 18.3 Å². The molecule has 1 aliphatic heterocycles. The second-order valence-electron chi connectivity index (χ2n) is 6.16. The molecule has 5 nitrogen and oxygen atoms in total. The second-order valence-corrected chi connectivity index (χ2v) is 6.16. The largest absolute Gasteiger partial charge is 0.506 e. The van der Waals surface area contributed by atoms with Gasteiger partial charge in [0, 0.05) is 5.92 Å². The molecular weight excluding hydrogens is 276 g/mol. The third kappa shape index (κ3) is 2.97. The minimum Gasteiger partial charge on any atom is -0.506 e. The molecule has 3 rings (SSSR count). The van der Waals surface area contributed by atoms with Crippen molar-refractivity contribution in [2.75, 3.05) is 19.6 Å². The molecule has 0 bridgehead atoms. The minimum absolute atomic E-state index is 0.130. The number of fused-ring (bicyclic) bond motifs is 1. The predicted octanol–water partition coefficient (Wildman–Crippen LogP) is 1.67. The van der Waals surface area contributed by atoms with Crippen LogP contribution in [-0.2, 0) is 0 Å². The SMILES string of the molecule is CC1CCC[NH+](C/C(O)=C(\C#N)c2nc3ccccc3[nH]2)C1. The van der Waals surface area contributed by atoms with Crippen LogP contribution in [0.15, 0.2) is 30.0 Å². The number of nitriles is 1. The lowest BCUT2D eigenvalue weighted by Gasteiger charge is -2.27. The molecule has 2 unspecified atom stereocenters. The highest BCUT2D eigenvalue weighted by atomic mass is 16.3. The van der Waals surface area contributed by atoms with Crippen LogP contribution in [-0.4, -0.2) is 34.7 Å². The zero-order valence-corrected chi connectivity index (χ0v) is 12.8. The van der Waals surface area contributed by atoms with Crippen molar-refractivity contribution in [3.63, 3.8) is 0 Å². The molecule has 1 aromatic heterocycles. The second kappa shape index (κ2) is 6.20. The molecule has 3 N–H and O–H groups in total. The number of hydrogen-bond acceptors (Lipinski definition) is 3. The molecule has 0 radical (unpaired) electrons. The number of benzene rings is 1. The van der Waals surface area contributed by atoms with Crippen molar-refractivity contribution in [3.8, 4) is 6.07 Å². The van der Waals surface area contributed by atoms with Gasteiger partial charge in [-0.15, -0.1) is 0 Å². The minimum atomic E-state index is 0.130. The van der Waals surface area contributed by atoms with E-state index in [9.17, 15) is 10.4 Å². The number of nitrogens with zero attached hydrogens (tertiary/aromatic N) is 2. The predicted molar refractivity (Wildman–Crippen MR) is 85.2 cm³/mol. The van der Waals surface area contributed by atoms with Gasteiger partial charge in [0.15, 0.2) is 11.6 Å². The summed E-state index contributed by atoms with van der Waals surface area (Å²) in [7, 11) is 0. The van der Waals surface area contributed by atoms with E-state index in [1.54, 1.807) is 0 Å². The Morgan fingerprint density at radius 1 is 1.50 bits per heavy atom. The lowest BCUT2D eigenvalue weighted by atomic mass is 10.00. The monoisotopic (exact) mass is 297 g/mol. The third-order valence-corrected chi connectivity index (χ3v) is 4.31. The Balaban J connectivity index is 1.86. The van der Waals surface area contributed by atoms with Gasteiger partial charge < -0.3 is 15.0 Å². The number of imidazole rings is 1. The number of para-hydroxylation sites is 2. The van der Waals surface area contributed by atoms with E-state index in [0.717, 1.165) is 24.1 Å². The number of aliphatic hydroxyl groups is 1. The van der Waals surface area contributed by atoms with E-state index < -0.39 is 0 Å². The van der Waals surface area contributed by atoms with Gasteiger partial charge >= 0.3 is 0 Å². The van der Waals surface area contributed by atoms with Crippen molar-refractivity contribution >= 4 is 16.6 Å². The number of rotatable bonds is 3. The van der Waals surface area contributed by atoms with E-state index in [4.69, 9.17) is 0 Å². The van der Waals surface area contributed by atoms with Crippen LogP contribution in [0.4, 0.5) is 0 Å². The smallest absolute Gasteiger partial charge is 0.169 e. The fraction of sp³-hybridized carbons (Fsp3) is 0.412. The Morgan fingerprint density at radius 2 is 2.32 bits per heavy atom. The first-order valence-electron chi connectivity index (χ1n) is 7.78. The number of allylic oxidation sites excluding steroid dienone is 1. The van der Waals surface area contributed by atoms with E-state index in [1.807, 2.05) is 24.3 Å². The van der Waals surface area contributed by atoms with Gasteiger partial charge in [-0.3, -0.25) is 0 Å². The van der Waals surface area contributed by atoms with Gasteiger partial charge in [-0.25, -0.2) is 4.98 Å².